The zero-order valence-electron chi connectivity index (χ0n) is 36.0. The summed E-state index contributed by atoms with van der Waals surface area (Å²) in [5, 5.41) is 0. The van der Waals surface area contributed by atoms with Crippen molar-refractivity contribution in [2.45, 2.75) is 5.41 Å². The Labute approximate surface area is 390 Å². The van der Waals surface area contributed by atoms with Gasteiger partial charge in [0.2, 0.25) is 0 Å². The predicted octanol–water partition coefficient (Wildman–Crippen LogP) is 11.8. The third-order valence-electron chi connectivity index (χ3n) is 12.4. The highest BCUT2D eigenvalue weighted by molar-refractivity contribution is 6.35. The first kappa shape index (κ1) is 41.3. The second-order valence-corrected chi connectivity index (χ2v) is 16.2. The van der Waals surface area contributed by atoms with Gasteiger partial charge in [-0.3, -0.25) is 19.2 Å². The fourth-order valence-electron chi connectivity index (χ4n) is 9.46. The molecule has 0 fully saturated rings. The van der Waals surface area contributed by atoms with Crippen molar-refractivity contribution in [3.63, 3.8) is 0 Å². The van der Waals surface area contributed by atoms with Crippen LogP contribution in [0, 0.1) is 12.3 Å². The first-order valence-electron chi connectivity index (χ1n) is 21.6. The van der Waals surface area contributed by atoms with Crippen LogP contribution in [0.4, 0.5) is 11.4 Å². The second kappa shape index (κ2) is 16.5. The van der Waals surface area contributed by atoms with Gasteiger partial charge in [0.1, 0.15) is 41.1 Å². The molecule has 11 rings (SSSR count). The van der Waals surface area contributed by atoms with Gasteiger partial charge in [0.15, 0.2) is 0 Å². The maximum Gasteiger partial charge on any atom is 0.266 e. The molecular weight excluding hydrogens is 853 g/mol. The van der Waals surface area contributed by atoms with Crippen LogP contribution in [0.2, 0.25) is 0 Å². The molecule has 0 saturated heterocycles. The topological polar surface area (TPSA) is 112 Å². The van der Waals surface area contributed by atoms with Crippen LogP contribution in [0.15, 0.2) is 195 Å². The number of carbonyl (C=O) groups excluding carboxylic acids is 4. The fraction of sp³-hybridized carbons (Fsp3) is 0.0345. The number of imide groups is 2. The molecule has 8 aromatic carbocycles. The Kier molecular flexibility index (Phi) is 10.0. The van der Waals surface area contributed by atoms with Crippen molar-refractivity contribution in [3.05, 3.63) is 239 Å². The molecule has 0 atom stereocenters. The highest BCUT2D eigenvalue weighted by Gasteiger charge is 2.46. The quantitative estimate of drug-likeness (QED) is 0.0677. The van der Waals surface area contributed by atoms with Crippen molar-refractivity contribution in [1.29, 1.82) is 0 Å². The van der Waals surface area contributed by atoms with Gasteiger partial charge in [0.05, 0.1) is 45.3 Å². The van der Waals surface area contributed by atoms with E-state index in [1.54, 1.807) is 84.9 Å². The lowest BCUT2D eigenvalue weighted by Gasteiger charge is -2.34. The molecule has 0 bridgehead atoms. The highest BCUT2D eigenvalue weighted by atomic mass is 16.5. The maximum atomic E-state index is 13.6. The molecule has 0 saturated carbocycles. The van der Waals surface area contributed by atoms with Crippen LogP contribution in [-0.2, 0) is 5.41 Å². The van der Waals surface area contributed by atoms with E-state index in [1.165, 1.54) is 6.26 Å². The molecule has 4 amide bonds. The second-order valence-electron chi connectivity index (χ2n) is 16.2. The van der Waals surface area contributed by atoms with Crippen LogP contribution in [0.1, 0.15) is 63.7 Å². The summed E-state index contributed by atoms with van der Waals surface area (Å²) < 4.78 is 23.4. The van der Waals surface area contributed by atoms with E-state index in [9.17, 15) is 19.2 Å². The standard InChI is InChI=1S/C58H36N2O8/c1-3-33-66-41-27-19-39(20-28-41)60-55(62)49-32-30-45(35-51(49)57(60)64)68-43-23-15-37(16-24-43)58(52-11-7-5-9-46(52)47-10-6-8-12-53(47)58)36-13-21-42(22-14-36)67-44-29-31-48-50(34-44)56(63)59(54(48)61)38-17-25-40(26-18-38)65-4-2/h1,4-32,34-35H,2,33H2. The van der Waals surface area contributed by atoms with Crippen molar-refractivity contribution in [2.75, 3.05) is 16.4 Å². The smallest absolute Gasteiger partial charge is 0.266 e. The van der Waals surface area contributed by atoms with Crippen LogP contribution in [0.3, 0.4) is 0 Å². The molecule has 0 unspecified atom stereocenters. The molecular formula is C58H36N2O8. The van der Waals surface area contributed by atoms with Gasteiger partial charge in [-0.05, 0) is 143 Å². The normalized spacial score (nSPS) is 13.9. The molecule has 10 nitrogen and oxygen atoms in total. The van der Waals surface area contributed by atoms with Crippen molar-refractivity contribution < 1.29 is 38.1 Å². The van der Waals surface area contributed by atoms with Crippen molar-refractivity contribution in [3.8, 4) is 58.0 Å². The average molecular weight is 889 g/mol. The largest absolute Gasteiger partial charge is 0.481 e. The molecule has 326 valence electrons. The molecule has 68 heavy (non-hydrogen) atoms. The molecule has 0 N–H and O–H groups in total. The van der Waals surface area contributed by atoms with Crippen LogP contribution in [0.25, 0.3) is 11.1 Å². The van der Waals surface area contributed by atoms with Gasteiger partial charge in [-0.2, -0.15) is 0 Å². The Morgan fingerprint density at radius 2 is 0.853 bits per heavy atom. The van der Waals surface area contributed by atoms with Gasteiger partial charge in [-0.15, -0.1) is 6.42 Å². The monoisotopic (exact) mass is 888 g/mol. The molecule has 8 aromatic rings. The summed E-state index contributed by atoms with van der Waals surface area (Å²) in [6.07, 6.45) is 6.60. The Bertz CT molecular complexity index is 3380. The van der Waals surface area contributed by atoms with Gasteiger partial charge < -0.3 is 18.9 Å². The Morgan fingerprint density at radius 3 is 1.29 bits per heavy atom. The molecule has 1 aliphatic carbocycles. The van der Waals surface area contributed by atoms with Gasteiger partial charge in [-0.25, -0.2) is 9.80 Å². The summed E-state index contributed by atoms with van der Waals surface area (Å²) in [6, 6.07) is 55.6. The molecule has 3 aliphatic rings. The minimum atomic E-state index is -0.737. The zero-order valence-corrected chi connectivity index (χ0v) is 36.0. The first-order chi connectivity index (χ1) is 33.3. The highest BCUT2D eigenvalue weighted by Crippen LogP contribution is 2.56. The summed E-state index contributed by atoms with van der Waals surface area (Å²) in [5.74, 6) is 3.62. The summed E-state index contributed by atoms with van der Waals surface area (Å²) >= 11 is 0. The molecule has 0 aromatic heterocycles. The van der Waals surface area contributed by atoms with Crippen LogP contribution in [0.5, 0.6) is 34.5 Å². The first-order valence-corrected chi connectivity index (χ1v) is 21.6. The number of hydrogen-bond acceptors (Lipinski definition) is 8. The summed E-state index contributed by atoms with van der Waals surface area (Å²) in [6.45, 7) is 3.66. The van der Waals surface area contributed by atoms with Crippen molar-refractivity contribution in [2.24, 2.45) is 0 Å². The van der Waals surface area contributed by atoms with E-state index in [4.69, 9.17) is 25.4 Å². The van der Waals surface area contributed by atoms with Gasteiger partial charge in [-0.1, -0.05) is 85.3 Å². The fourth-order valence-corrected chi connectivity index (χ4v) is 9.46. The number of rotatable bonds is 12. The lowest BCUT2D eigenvalue weighted by molar-refractivity contribution is 0.0910. The van der Waals surface area contributed by atoms with Gasteiger partial charge >= 0.3 is 0 Å². The average Bonchev–Trinajstić information content (AvgIpc) is 3.91. The third kappa shape index (κ3) is 6.68. The summed E-state index contributed by atoms with van der Waals surface area (Å²) in [4.78, 5) is 56.3. The van der Waals surface area contributed by atoms with E-state index in [0.29, 0.717) is 51.4 Å². The van der Waals surface area contributed by atoms with Crippen molar-refractivity contribution in [1.82, 2.24) is 0 Å². The Balaban J connectivity index is 0.872. The van der Waals surface area contributed by atoms with E-state index in [0.717, 1.165) is 43.2 Å². The Morgan fingerprint density at radius 1 is 0.456 bits per heavy atom. The zero-order chi connectivity index (χ0) is 46.5. The summed E-state index contributed by atoms with van der Waals surface area (Å²) in [7, 11) is 0. The number of benzene rings is 8. The SMILES string of the molecule is C#CCOc1ccc(N2C(=O)c3ccc(Oc4ccc(C5(c6ccc(Oc7ccc8c(c7)C(=O)N(c7ccc(OC=C)cc7)C8=O)cc6)c6ccccc6-c6ccccc65)cc4)cc3C2=O)cc1. The number of hydrogen-bond donors (Lipinski definition) is 0. The van der Waals surface area contributed by atoms with Crippen LogP contribution >= 0.6 is 0 Å². The van der Waals surface area contributed by atoms with E-state index in [1.807, 2.05) is 48.5 Å². The maximum absolute atomic E-state index is 13.6. The number of terminal acetylenes is 1. The lowest BCUT2D eigenvalue weighted by Crippen LogP contribution is -2.29. The number of carbonyl (C=O) groups is 4. The number of fused-ring (bicyclic) bond motifs is 5. The molecule has 10 heteroatoms. The molecule has 2 aliphatic heterocycles. The molecule has 0 radical (unpaired) electrons. The summed E-state index contributed by atoms with van der Waals surface area (Å²) in [5.41, 5.74) is 7.61. The predicted molar refractivity (Wildman–Crippen MR) is 257 cm³/mol. The van der Waals surface area contributed by atoms with E-state index in [-0.39, 0.29) is 23.3 Å². The van der Waals surface area contributed by atoms with Gasteiger partial charge in [0.25, 0.3) is 23.6 Å². The molecule has 0 spiro atoms. The number of amides is 4. The minimum Gasteiger partial charge on any atom is -0.481 e. The van der Waals surface area contributed by atoms with Gasteiger partial charge in [0, 0.05) is 0 Å². The van der Waals surface area contributed by atoms with E-state index in [2.05, 4.69) is 61.0 Å². The van der Waals surface area contributed by atoms with Crippen LogP contribution < -0.4 is 28.7 Å². The number of nitrogens with zero attached hydrogens (tertiary/aromatic N) is 2. The Hall–Kier alpha value is -9.46. The minimum absolute atomic E-state index is 0.104. The third-order valence-corrected chi connectivity index (χ3v) is 12.4. The lowest BCUT2D eigenvalue weighted by atomic mass is 9.68. The number of anilines is 2. The number of ether oxygens (including phenoxy) is 4. The van der Waals surface area contributed by atoms with E-state index < -0.39 is 29.0 Å². The molecule has 2 heterocycles. The van der Waals surface area contributed by atoms with Crippen molar-refractivity contribution >= 4 is 35.0 Å². The van der Waals surface area contributed by atoms with Crippen LogP contribution in [-0.4, -0.2) is 30.2 Å². The van der Waals surface area contributed by atoms with E-state index >= 15 is 0 Å².